The summed E-state index contributed by atoms with van der Waals surface area (Å²) in [6.45, 7) is 16.2. The van der Waals surface area contributed by atoms with Crippen molar-refractivity contribution in [3.63, 3.8) is 0 Å². The average molecular weight is 511 g/mol. The lowest BCUT2D eigenvalue weighted by molar-refractivity contribution is -0.139. The third-order valence-corrected chi connectivity index (χ3v) is 13.3. The fourth-order valence-corrected chi connectivity index (χ4v) is 11.0. The van der Waals surface area contributed by atoms with Crippen molar-refractivity contribution < 1.29 is 9.53 Å². The molecular formula is C33H54N2O2. The fourth-order valence-electron chi connectivity index (χ4n) is 11.0. The van der Waals surface area contributed by atoms with Crippen LogP contribution in [-0.2, 0) is 9.53 Å². The number of likely N-dealkylation sites (N-methyl/N-ethyl adjacent to an activating group) is 1. The van der Waals surface area contributed by atoms with Gasteiger partial charge in [-0.2, -0.15) is 0 Å². The minimum atomic E-state index is 0.0198. The fraction of sp³-hybridized carbons (Fsp3) is 0.909. The van der Waals surface area contributed by atoms with E-state index in [-0.39, 0.29) is 5.60 Å². The van der Waals surface area contributed by atoms with Gasteiger partial charge in [0.1, 0.15) is 5.78 Å². The predicted octanol–water partition coefficient (Wildman–Crippen LogP) is 6.34. The van der Waals surface area contributed by atoms with E-state index in [1.54, 1.807) is 5.57 Å². The van der Waals surface area contributed by atoms with Crippen LogP contribution < -0.4 is 0 Å². The number of allylic oxidation sites excluding steroid dienone is 1. The van der Waals surface area contributed by atoms with Crippen molar-refractivity contribution in [3.05, 3.63) is 11.1 Å². The second kappa shape index (κ2) is 9.16. The zero-order valence-electron chi connectivity index (χ0n) is 24.9. The summed E-state index contributed by atoms with van der Waals surface area (Å²) in [6.07, 6.45) is 12.0. The van der Waals surface area contributed by atoms with Crippen molar-refractivity contribution in [3.8, 4) is 0 Å². The van der Waals surface area contributed by atoms with Gasteiger partial charge in [-0.25, -0.2) is 0 Å². The molecule has 0 N–H and O–H groups in total. The molecule has 0 aromatic heterocycles. The molecule has 0 unspecified atom stereocenters. The van der Waals surface area contributed by atoms with E-state index in [1.165, 1.54) is 45.1 Å². The topological polar surface area (TPSA) is 32.8 Å². The number of piperidine rings is 1. The molecule has 2 heterocycles. The number of hydrogen-bond acceptors (Lipinski definition) is 4. The van der Waals surface area contributed by atoms with Crippen LogP contribution in [0, 0.1) is 40.4 Å². The van der Waals surface area contributed by atoms with Gasteiger partial charge >= 0.3 is 0 Å². The van der Waals surface area contributed by atoms with Crippen LogP contribution in [0.1, 0.15) is 98.8 Å². The normalized spacial score (nSPS) is 50.2. The first-order valence-electron chi connectivity index (χ1n) is 15.7. The second-order valence-electron chi connectivity index (χ2n) is 15.4. The van der Waals surface area contributed by atoms with Crippen LogP contribution in [0.25, 0.3) is 0 Å². The van der Waals surface area contributed by atoms with Gasteiger partial charge in [-0.3, -0.25) is 9.69 Å². The monoisotopic (exact) mass is 510 g/mol. The average Bonchev–Trinajstić information content (AvgIpc) is 3.23. The zero-order valence-corrected chi connectivity index (χ0v) is 24.9. The van der Waals surface area contributed by atoms with Crippen molar-refractivity contribution in [2.75, 3.05) is 33.7 Å². The first-order chi connectivity index (χ1) is 17.5. The first-order valence-corrected chi connectivity index (χ1v) is 15.7. The van der Waals surface area contributed by atoms with Crippen molar-refractivity contribution in [1.82, 2.24) is 9.80 Å². The van der Waals surface area contributed by atoms with Gasteiger partial charge in [-0.05, 0) is 107 Å². The summed E-state index contributed by atoms with van der Waals surface area (Å²) in [4.78, 5) is 17.5. The maximum absolute atomic E-state index is 12.4. The summed E-state index contributed by atoms with van der Waals surface area (Å²) in [5, 5.41) is 0. The van der Waals surface area contributed by atoms with Gasteiger partial charge in [0.15, 0.2) is 0 Å². The van der Waals surface area contributed by atoms with Crippen molar-refractivity contribution in [2.24, 2.45) is 40.4 Å². The van der Waals surface area contributed by atoms with Crippen LogP contribution in [0.5, 0.6) is 0 Å². The molecule has 0 radical (unpaired) electrons. The molecule has 4 aliphatic carbocycles. The molecule has 0 aromatic rings. The number of fused-ring (bicyclic) bond motifs is 6. The summed E-state index contributed by atoms with van der Waals surface area (Å²) < 4.78 is 7.28. The summed E-state index contributed by atoms with van der Waals surface area (Å²) in [5.41, 5.74) is 4.19. The molecule has 37 heavy (non-hydrogen) atoms. The Morgan fingerprint density at radius 2 is 1.84 bits per heavy atom. The van der Waals surface area contributed by atoms with Gasteiger partial charge in [0.05, 0.1) is 11.7 Å². The first kappa shape index (κ1) is 26.5. The largest absolute Gasteiger partial charge is 0.369 e. The Morgan fingerprint density at radius 3 is 2.59 bits per heavy atom. The van der Waals surface area contributed by atoms with Crippen molar-refractivity contribution >= 4 is 5.78 Å². The smallest absolute Gasteiger partial charge is 0.133 e. The minimum Gasteiger partial charge on any atom is -0.369 e. The molecular weight excluding hydrogens is 456 g/mol. The molecule has 6 rings (SSSR count). The zero-order chi connectivity index (χ0) is 26.3. The highest BCUT2D eigenvalue weighted by Crippen LogP contribution is 2.71. The highest BCUT2D eigenvalue weighted by Gasteiger charge is 2.64. The van der Waals surface area contributed by atoms with E-state index in [1.807, 2.05) is 5.57 Å². The van der Waals surface area contributed by atoms with E-state index in [0.717, 1.165) is 56.5 Å². The number of likely N-dealkylation sites (tertiary alicyclic amines) is 1. The van der Waals surface area contributed by atoms with Gasteiger partial charge in [-0.15, -0.1) is 0 Å². The van der Waals surface area contributed by atoms with Crippen LogP contribution in [0.3, 0.4) is 0 Å². The molecule has 10 atom stereocenters. The Morgan fingerprint density at radius 1 is 1.05 bits per heavy atom. The summed E-state index contributed by atoms with van der Waals surface area (Å²) >= 11 is 0. The molecule has 3 saturated carbocycles. The van der Waals surface area contributed by atoms with Gasteiger partial charge < -0.3 is 9.64 Å². The van der Waals surface area contributed by atoms with Crippen LogP contribution >= 0.6 is 0 Å². The third kappa shape index (κ3) is 3.97. The number of Topliss-reactive ketones (excluding diaryl/α,β-unsaturated/α-hetero) is 1. The maximum Gasteiger partial charge on any atom is 0.133 e. The highest BCUT2D eigenvalue weighted by molar-refractivity contribution is 5.79. The van der Waals surface area contributed by atoms with Crippen molar-refractivity contribution in [1.29, 1.82) is 0 Å². The third-order valence-electron chi connectivity index (χ3n) is 13.3. The molecule has 0 amide bonds. The Labute approximate surface area is 226 Å². The molecule has 6 aliphatic rings. The van der Waals surface area contributed by atoms with E-state index in [9.17, 15) is 4.79 Å². The summed E-state index contributed by atoms with van der Waals surface area (Å²) in [7, 11) is 4.40. The van der Waals surface area contributed by atoms with Gasteiger partial charge in [0.25, 0.3) is 0 Å². The lowest BCUT2D eigenvalue weighted by Crippen LogP contribution is -2.53. The Hall–Kier alpha value is -0.710. The standard InChI is InChI=1S/C33H54N2O2/c1-21-16-29-30(35(20-21)15-14-34(6)7)23(3)33(37-29)13-11-26-27(22(2)18-33)19-32(5)28(26)9-8-24-17-25(36)10-12-31(24,32)4/h21,23-24,26,28-30H,8-20H2,1-7H3/t21-,23+,24+,26+,28-,29+,30-,31-,32-,33-/m0/s1. The Balaban J connectivity index is 1.27. The molecule has 1 spiro atoms. The van der Waals surface area contributed by atoms with E-state index in [4.69, 9.17) is 4.74 Å². The quantitative estimate of drug-likeness (QED) is 0.415. The van der Waals surface area contributed by atoms with Crippen molar-refractivity contribution in [2.45, 2.75) is 117 Å². The molecule has 5 fully saturated rings. The number of ketones is 1. The van der Waals surface area contributed by atoms with E-state index in [0.29, 0.717) is 40.6 Å². The Bertz CT molecular complexity index is 958. The summed E-state index contributed by atoms with van der Waals surface area (Å²) in [5.74, 6) is 3.97. The lowest BCUT2D eigenvalue weighted by atomic mass is 9.45. The molecule has 2 saturated heterocycles. The number of carbonyl (C=O) groups excluding carboxylic acids is 1. The van der Waals surface area contributed by atoms with Crippen LogP contribution in [-0.4, -0.2) is 67.1 Å². The second-order valence-corrected chi connectivity index (χ2v) is 15.4. The number of nitrogens with zero attached hydrogens (tertiary/aromatic N) is 2. The number of ether oxygens (including phenoxy) is 1. The molecule has 4 heteroatoms. The molecule has 208 valence electrons. The number of carbonyl (C=O) groups is 1. The highest BCUT2D eigenvalue weighted by atomic mass is 16.5. The SMILES string of the molecule is CC1=C2C[C@@]3(C)[C@@H](CC[C@@H]4CC(=O)CC[C@@]43C)[C@@H]2CC[C@@]2(C1)O[C@@H]1C[C@H](C)CN(CCN(C)C)[C@H]1[C@H]2C. The van der Waals surface area contributed by atoms with Crippen LogP contribution in [0.4, 0.5) is 0 Å². The lowest BCUT2D eigenvalue weighted by Gasteiger charge is -2.59. The number of hydrogen-bond donors (Lipinski definition) is 0. The van der Waals surface area contributed by atoms with Gasteiger partial charge in [-0.1, -0.05) is 38.8 Å². The van der Waals surface area contributed by atoms with E-state index >= 15 is 0 Å². The van der Waals surface area contributed by atoms with Crippen LogP contribution in [0.2, 0.25) is 0 Å². The van der Waals surface area contributed by atoms with Gasteiger partial charge in [0, 0.05) is 44.4 Å². The predicted molar refractivity (Wildman–Crippen MR) is 150 cm³/mol. The maximum atomic E-state index is 12.4. The number of rotatable bonds is 3. The molecule has 4 nitrogen and oxygen atoms in total. The van der Waals surface area contributed by atoms with E-state index < -0.39 is 0 Å². The molecule has 2 aliphatic heterocycles. The minimum absolute atomic E-state index is 0.0198. The van der Waals surface area contributed by atoms with Gasteiger partial charge in [0.2, 0.25) is 0 Å². The van der Waals surface area contributed by atoms with Crippen LogP contribution in [0.15, 0.2) is 11.1 Å². The molecule has 0 bridgehead atoms. The summed E-state index contributed by atoms with van der Waals surface area (Å²) in [6, 6.07) is 0.575. The Kier molecular flexibility index (Phi) is 6.57. The van der Waals surface area contributed by atoms with E-state index in [2.05, 4.69) is 58.5 Å². The molecule has 0 aromatic carbocycles.